The lowest BCUT2D eigenvalue weighted by atomic mass is 9.94. The fraction of sp³-hybridized carbons (Fsp3) is 0.433. The van der Waals surface area contributed by atoms with E-state index in [4.69, 9.17) is 5.11 Å². The van der Waals surface area contributed by atoms with Crippen molar-refractivity contribution in [3.8, 4) is 5.75 Å². The number of phenolic OH excluding ortho intramolecular Hbond substituents is 1. The summed E-state index contributed by atoms with van der Waals surface area (Å²) in [5.41, 5.74) is 6.84. The minimum Gasteiger partial charge on any atom is -0.507 e. The van der Waals surface area contributed by atoms with E-state index in [1.807, 2.05) is 12.1 Å². The molecule has 0 spiro atoms. The average Bonchev–Trinajstić information content (AvgIpc) is 2.74. The minimum atomic E-state index is -0.701. The molecule has 0 aliphatic carbocycles. The minimum absolute atomic E-state index is 0.225. The van der Waals surface area contributed by atoms with Crippen molar-refractivity contribution in [3.05, 3.63) is 76.4 Å². The molecular formula is C30H39NO3. The summed E-state index contributed by atoms with van der Waals surface area (Å²) in [6.45, 7) is 12.5. The molecule has 4 nitrogen and oxygen atoms in total. The number of likely N-dealkylation sites (tertiary alicyclic amines) is 1. The zero-order chi connectivity index (χ0) is 24.7. The van der Waals surface area contributed by atoms with Crippen molar-refractivity contribution in [2.75, 3.05) is 13.1 Å². The highest BCUT2D eigenvalue weighted by atomic mass is 16.4. The number of rotatable bonds is 12. The Kier molecular flexibility index (Phi) is 9.12. The topological polar surface area (TPSA) is 60.8 Å². The summed E-state index contributed by atoms with van der Waals surface area (Å²) in [7, 11) is 0. The SMILES string of the molecule is C=C(C)CCCC(C)CCc1ccc(O)c(/C=C/c2ccc(CN3CC(C(=O)O)C3)cc2C)c1. The summed E-state index contributed by atoms with van der Waals surface area (Å²) in [6.07, 6.45) is 9.76. The van der Waals surface area contributed by atoms with E-state index in [-0.39, 0.29) is 5.92 Å². The largest absolute Gasteiger partial charge is 0.507 e. The third kappa shape index (κ3) is 7.59. The van der Waals surface area contributed by atoms with Crippen LogP contribution in [-0.4, -0.2) is 34.2 Å². The van der Waals surface area contributed by atoms with Crippen molar-refractivity contribution in [1.29, 1.82) is 0 Å². The van der Waals surface area contributed by atoms with Crippen LogP contribution in [0.4, 0.5) is 0 Å². The highest BCUT2D eigenvalue weighted by molar-refractivity contribution is 5.74. The van der Waals surface area contributed by atoms with Gasteiger partial charge in [0.25, 0.3) is 0 Å². The van der Waals surface area contributed by atoms with E-state index >= 15 is 0 Å². The van der Waals surface area contributed by atoms with Crippen molar-refractivity contribution in [3.63, 3.8) is 0 Å². The molecule has 0 amide bonds. The van der Waals surface area contributed by atoms with E-state index in [0.29, 0.717) is 24.8 Å². The van der Waals surface area contributed by atoms with Gasteiger partial charge in [0.2, 0.25) is 0 Å². The Hall–Kier alpha value is -2.85. The van der Waals surface area contributed by atoms with Crippen molar-refractivity contribution >= 4 is 18.1 Å². The molecule has 34 heavy (non-hydrogen) atoms. The third-order valence-corrected chi connectivity index (χ3v) is 6.81. The number of allylic oxidation sites excluding steroid dienone is 1. The molecule has 1 unspecified atom stereocenters. The van der Waals surface area contributed by atoms with Crippen LogP contribution in [0, 0.1) is 18.8 Å². The van der Waals surface area contributed by atoms with E-state index in [9.17, 15) is 9.90 Å². The Morgan fingerprint density at radius 3 is 2.50 bits per heavy atom. The van der Waals surface area contributed by atoms with Gasteiger partial charge in [-0.3, -0.25) is 9.69 Å². The number of carboxylic acid groups (broad SMARTS) is 1. The molecule has 0 saturated carbocycles. The van der Waals surface area contributed by atoms with Crippen LogP contribution in [0.15, 0.2) is 48.6 Å². The number of nitrogens with zero attached hydrogens (tertiary/aromatic N) is 1. The summed E-state index contributed by atoms with van der Waals surface area (Å²) in [5, 5.41) is 19.4. The Labute approximate surface area is 204 Å². The number of aryl methyl sites for hydroxylation is 2. The van der Waals surface area contributed by atoms with Gasteiger partial charge in [0.15, 0.2) is 0 Å². The number of benzene rings is 2. The number of aromatic hydroxyl groups is 1. The number of hydrogen-bond donors (Lipinski definition) is 2. The van der Waals surface area contributed by atoms with Crippen molar-refractivity contribution in [1.82, 2.24) is 4.90 Å². The predicted octanol–water partition coefficient (Wildman–Crippen LogP) is 6.70. The van der Waals surface area contributed by atoms with Crippen LogP contribution in [0.2, 0.25) is 0 Å². The molecule has 0 aromatic heterocycles. The predicted molar refractivity (Wildman–Crippen MR) is 141 cm³/mol. The molecule has 3 rings (SSSR count). The molecule has 4 heteroatoms. The second-order valence-corrected chi connectivity index (χ2v) is 10.1. The average molecular weight is 462 g/mol. The van der Waals surface area contributed by atoms with Gasteiger partial charge in [-0.15, -0.1) is 6.58 Å². The first kappa shape index (κ1) is 25.8. The van der Waals surface area contributed by atoms with Crippen LogP contribution in [-0.2, 0) is 17.8 Å². The van der Waals surface area contributed by atoms with Crippen LogP contribution in [0.1, 0.15) is 67.3 Å². The lowest BCUT2D eigenvalue weighted by molar-refractivity contribution is -0.147. The standard InChI is InChI=1S/C30H39NO3/c1-21(2)6-5-7-22(3)8-9-24-11-15-29(32)27(17-24)14-13-26-12-10-25(16-23(26)4)18-31-19-28(20-31)30(33)34/h10-17,22,28,32H,1,5-9,18-20H2,2-4H3,(H,33,34)/b14-13+. The van der Waals surface area contributed by atoms with Gasteiger partial charge < -0.3 is 10.2 Å². The van der Waals surface area contributed by atoms with Gasteiger partial charge in [0, 0.05) is 25.2 Å². The zero-order valence-corrected chi connectivity index (χ0v) is 20.9. The van der Waals surface area contributed by atoms with Gasteiger partial charge in [0.05, 0.1) is 5.92 Å². The molecule has 2 aromatic rings. The Balaban J connectivity index is 1.56. The van der Waals surface area contributed by atoms with Gasteiger partial charge in [0.1, 0.15) is 5.75 Å². The molecule has 1 atom stereocenters. The molecule has 182 valence electrons. The quantitative estimate of drug-likeness (QED) is 0.273. The number of aliphatic carboxylic acids is 1. The molecule has 0 radical (unpaired) electrons. The van der Waals surface area contributed by atoms with Gasteiger partial charge in [-0.2, -0.15) is 0 Å². The normalized spacial score (nSPS) is 15.4. The fourth-order valence-corrected chi connectivity index (χ4v) is 4.52. The molecule has 1 saturated heterocycles. The van der Waals surface area contributed by atoms with Crippen LogP contribution >= 0.6 is 0 Å². The smallest absolute Gasteiger partial charge is 0.309 e. The highest BCUT2D eigenvalue weighted by Gasteiger charge is 2.32. The van der Waals surface area contributed by atoms with Crippen molar-refractivity contribution < 1.29 is 15.0 Å². The summed E-state index contributed by atoms with van der Waals surface area (Å²) in [4.78, 5) is 13.1. The van der Waals surface area contributed by atoms with Gasteiger partial charge in [-0.25, -0.2) is 0 Å². The van der Waals surface area contributed by atoms with Crippen LogP contribution in [0.3, 0.4) is 0 Å². The lowest BCUT2D eigenvalue weighted by Gasteiger charge is -2.36. The Bertz CT molecular complexity index is 1030. The van der Waals surface area contributed by atoms with Crippen LogP contribution in [0.25, 0.3) is 12.2 Å². The van der Waals surface area contributed by atoms with Gasteiger partial charge >= 0.3 is 5.97 Å². The highest BCUT2D eigenvalue weighted by Crippen LogP contribution is 2.25. The molecule has 1 aliphatic heterocycles. The van der Waals surface area contributed by atoms with Crippen molar-refractivity contribution in [2.45, 2.75) is 59.4 Å². The first-order chi connectivity index (χ1) is 16.2. The first-order valence-corrected chi connectivity index (χ1v) is 12.4. The molecule has 1 fully saturated rings. The first-order valence-electron chi connectivity index (χ1n) is 12.4. The molecule has 2 N–H and O–H groups in total. The number of hydrogen-bond acceptors (Lipinski definition) is 3. The summed E-state index contributed by atoms with van der Waals surface area (Å²) >= 11 is 0. The maximum atomic E-state index is 11.0. The third-order valence-electron chi connectivity index (χ3n) is 6.81. The van der Waals surface area contributed by atoms with Crippen LogP contribution < -0.4 is 0 Å². The van der Waals surface area contributed by atoms with E-state index in [0.717, 1.165) is 36.9 Å². The van der Waals surface area contributed by atoms with E-state index in [1.165, 1.54) is 35.1 Å². The summed E-state index contributed by atoms with van der Waals surface area (Å²) in [6, 6.07) is 12.3. The fourth-order valence-electron chi connectivity index (χ4n) is 4.52. The van der Waals surface area contributed by atoms with E-state index in [1.54, 1.807) is 6.07 Å². The monoisotopic (exact) mass is 461 g/mol. The van der Waals surface area contributed by atoms with Gasteiger partial charge in [-0.05, 0) is 79.8 Å². The van der Waals surface area contributed by atoms with Crippen LogP contribution in [0.5, 0.6) is 5.75 Å². The molecular weight excluding hydrogens is 422 g/mol. The molecule has 1 heterocycles. The Morgan fingerprint density at radius 1 is 1.12 bits per heavy atom. The number of carbonyl (C=O) groups is 1. The van der Waals surface area contributed by atoms with Crippen molar-refractivity contribution in [2.24, 2.45) is 11.8 Å². The maximum Gasteiger partial charge on any atom is 0.309 e. The number of carboxylic acids is 1. The van der Waals surface area contributed by atoms with E-state index < -0.39 is 5.97 Å². The van der Waals surface area contributed by atoms with E-state index in [2.05, 4.69) is 62.6 Å². The molecule has 2 aromatic carbocycles. The number of phenols is 1. The van der Waals surface area contributed by atoms with Gasteiger partial charge in [-0.1, -0.05) is 55.3 Å². The second-order valence-electron chi connectivity index (χ2n) is 10.1. The summed E-state index contributed by atoms with van der Waals surface area (Å²) < 4.78 is 0. The maximum absolute atomic E-state index is 11.0. The summed E-state index contributed by atoms with van der Waals surface area (Å²) in [5.74, 6) is 0.0546. The molecule has 0 bridgehead atoms. The molecule has 1 aliphatic rings. The zero-order valence-electron chi connectivity index (χ0n) is 20.9. The lowest BCUT2D eigenvalue weighted by Crippen LogP contribution is -2.49. The Morgan fingerprint density at radius 2 is 1.82 bits per heavy atom. The second kappa shape index (κ2) is 12.0.